The Labute approximate surface area is 319 Å². The lowest BCUT2D eigenvalue weighted by molar-refractivity contribution is -0.132. The molecule has 0 radical (unpaired) electrons. The van der Waals surface area contributed by atoms with Gasteiger partial charge in [0.05, 0.1) is 24.9 Å². The third kappa shape index (κ3) is 14.1. The SMILES string of the molecule is COC(=O)N[C@H](C(=O)NC(Cc1ccccc1)[C@@H](O)CN(Cc1ccc(-c2ccccn2)cc1)NC(=O)[C@@H](NC(=O)OC(C)(C)C)C(C)(C)C)C(C)(C)C. The van der Waals surface area contributed by atoms with Crippen LogP contribution in [0.25, 0.3) is 11.3 Å². The number of amides is 4. The molecule has 1 aromatic heterocycles. The Balaban J connectivity index is 1.97. The molecule has 5 N–H and O–H groups in total. The van der Waals surface area contributed by atoms with Gasteiger partial charge in [0.25, 0.3) is 5.91 Å². The number of alkyl carbamates (subject to hydrolysis) is 2. The number of ether oxygens (including phenoxy) is 2. The van der Waals surface area contributed by atoms with Crippen LogP contribution >= 0.6 is 0 Å². The molecule has 2 aromatic carbocycles. The third-order valence-electron chi connectivity index (χ3n) is 8.42. The first-order valence-electron chi connectivity index (χ1n) is 18.1. The summed E-state index contributed by atoms with van der Waals surface area (Å²) >= 11 is 0. The first-order valence-corrected chi connectivity index (χ1v) is 18.1. The van der Waals surface area contributed by atoms with E-state index in [-0.39, 0.29) is 19.5 Å². The molecule has 1 heterocycles. The summed E-state index contributed by atoms with van der Waals surface area (Å²) in [6, 6.07) is 19.8. The Bertz CT molecular complexity index is 1670. The number of aromatic nitrogens is 1. The maximum atomic E-state index is 14.0. The predicted octanol–water partition coefficient (Wildman–Crippen LogP) is 5.38. The number of carbonyl (C=O) groups excluding carboxylic acids is 4. The van der Waals surface area contributed by atoms with Gasteiger partial charge in [0, 0.05) is 24.8 Å². The Morgan fingerprint density at radius 2 is 1.30 bits per heavy atom. The molecule has 0 aliphatic heterocycles. The molecular formula is C41H58N6O7. The molecule has 1 unspecified atom stereocenters. The number of aliphatic hydroxyl groups is 1. The van der Waals surface area contributed by atoms with E-state index in [1.165, 1.54) is 7.11 Å². The summed E-state index contributed by atoms with van der Waals surface area (Å²) in [5, 5.41) is 21.8. The number of methoxy groups -OCH3 is 1. The summed E-state index contributed by atoms with van der Waals surface area (Å²) < 4.78 is 10.2. The normalized spacial score (nSPS) is 14.2. The van der Waals surface area contributed by atoms with Gasteiger partial charge < -0.3 is 30.5 Å². The van der Waals surface area contributed by atoms with E-state index in [1.54, 1.807) is 32.0 Å². The van der Waals surface area contributed by atoms with Crippen molar-refractivity contribution in [2.24, 2.45) is 10.8 Å². The molecular weight excluding hydrogens is 688 g/mol. The number of carbonyl (C=O) groups is 4. The number of nitrogens with zero attached hydrogens (tertiary/aromatic N) is 2. The highest BCUT2D eigenvalue weighted by atomic mass is 16.6. The summed E-state index contributed by atoms with van der Waals surface area (Å²) in [6.07, 6.45) is -0.768. The fourth-order valence-electron chi connectivity index (χ4n) is 5.63. The molecule has 13 heteroatoms. The molecule has 0 aliphatic rings. The number of rotatable bonds is 14. The van der Waals surface area contributed by atoms with Crippen molar-refractivity contribution >= 4 is 24.0 Å². The molecule has 0 spiro atoms. The van der Waals surface area contributed by atoms with Crippen molar-refractivity contribution in [3.8, 4) is 11.3 Å². The summed E-state index contributed by atoms with van der Waals surface area (Å²) in [5.41, 5.74) is 4.10. The minimum absolute atomic E-state index is 0.126. The molecule has 0 bridgehead atoms. The van der Waals surface area contributed by atoms with Gasteiger partial charge in [0.15, 0.2) is 0 Å². The van der Waals surface area contributed by atoms with Crippen molar-refractivity contribution in [1.82, 2.24) is 31.4 Å². The maximum Gasteiger partial charge on any atom is 0.408 e. The van der Waals surface area contributed by atoms with Crippen LogP contribution in [-0.4, -0.2) is 82.6 Å². The minimum atomic E-state index is -1.23. The summed E-state index contributed by atoms with van der Waals surface area (Å²) in [4.78, 5) is 57.4. The van der Waals surface area contributed by atoms with Crippen molar-refractivity contribution in [3.05, 3.63) is 90.1 Å². The van der Waals surface area contributed by atoms with E-state index in [9.17, 15) is 24.3 Å². The number of hydrazine groups is 1. The number of aliphatic hydroxyl groups excluding tert-OH is 1. The lowest BCUT2D eigenvalue weighted by Crippen LogP contribution is -2.61. The van der Waals surface area contributed by atoms with Gasteiger partial charge in [-0.1, -0.05) is 102 Å². The standard InChI is InChI=1S/C41H58N6O7/c1-39(2,3)33(44-37(51)53-10)35(49)43-31(24-27-16-12-11-13-17-27)32(48)26-47(25-28-19-21-29(22-20-28)30-18-14-15-23-42-30)46-36(50)34(40(4,5)6)45-38(52)54-41(7,8)9/h11-23,31-34,48H,24-26H2,1-10H3,(H,43,49)(H,44,51)(H,45,52)(H,46,50)/t31?,32-,33+,34+/m0/s1. The summed E-state index contributed by atoms with van der Waals surface area (Å²) in [5.74, 6) is -1.03. The number of hydrogen-bond acceptors (Lipinski definition) is 9. The van der Waals surface area contributed by atoms with Crippen LogP contribution in [0.2, 0.25) is 0 Å². The number of hydrogen-bond donors (Lipinski definition) is 5. The molecule has 4 atom stereocenters. The van der Waals surface area contributed by atoms with E-state index in [4.69, 9.17) is 9.47 Å². The van der Waals surface area contributed by atoms with Crippen molar-refractivity contribution in [1.29, 1.82) is 0 Å². The zero-order chi connectivity index (χ0) is 40.3. The lowest BCUT2D eigenvalue weighted by Gasteiger charge is -2.36. The van der Waals surface area contributed by atoms with Gasteiger partial charge >= 0.3 is 12.2 Å². The van der Waals surface area contributed by atoms with Crippen LogP contribution in [0.3, 0.4) is 0 Å². The van der Waals surface area contributed by atoms with Gasteiger partial charge in [0.2, 0.25) is 5.91 Å². The molecule has 13 nitrogen and oxygen atoms in total. The summed E-state index contributed by atoms with van der Waals surface area (Å²) in [6.45, 7) is 16.1. The quantitative estimate of drug-likeness (QED) is 0.136. The van der Waals surface area contributed by atoms with E-state index in [0.29, 0.717) is 0 Å². The van der Waals surface area contributed by atoms with Gasteiger partial charge in [-0.15, -0.1) is 0 Å². The largest absolute Gasteiger partial charge is 0.453 e. The molecule has 294 valence electrons. The number of nitrogens with one attached hydrogen (secondary N) is 4. The molecule has 0 saturated carbocycles. The molecule has 0 saturated heterocycles. The van der Waals surface area contributed by atoms with Gasteiger partial charge in [-0.25, -0.2) is 14.6 Å². The predicted molar refractivity (Wildman–Crippen MR) is 208 cm³/mol. The van der Waals surface area contributed by atoms with Crippen molar-refractivity contribution in [2.45, 2.75) is 105 Å². The molecule has 0 aliphatic carbocycles. The molecule has 54 heavy (non-hydrogen) atoms. The Kier molecular flexibility index (Phi) is 15.1. The van der Waals surface area contributed by atoms with E-state index in [2.05, 4.69) is 26.4 Å². The second-order valence-electron chi connectivity index (χ2n) is 16.5. The average molecular weight is 747 g/mol. The Morgan fingerprint density at radius 3 is 1.83 bits per heavy atom. The summed E-state index contributed by atoms with van der Waals surface area (Å²) in [7, 11) is 1.22. The second kappa shape index (κ2) is 18.8. The molecule has 3 aromatic rings. The maximum absolute atomic E-state index is 14.0. The Morgan fingerprint density at radius 1 is 0.722 bits per heavy atom. The highest BCUT2D eigenvalue weighted by molar-refractivity contribution is 5.87. The fraction of sp³-hybridized carbons (Fsp3) is 0.488. The van der Waals surface area contributed by atoms with Crippen LogP contribution in [0.15, 0.2) is 79.0 Å². The highest BCUT2D eigenvalue weighted by Crippen LogP contribution is 2.23. The van der Waals surface area contributed by atoms with E-state index in [1.807, 2.05) is 114 Å². The molecule has 0 fully saturated rings. The molecule has 3 rings (SSSR count). The van der Waals surface area contributed by atoms with Gasteiger partial charge in [0.1, 0.15) is 17.7 Å². The van der Waals surface area contributed by atoms with Crippen molar-refractivity contribution < 1.29 is 33.8 Å². The van der Waals surface area contributed by atoms with Crippen molar-refractivity contribution in [3.63, 3.8) is 0 Å². The zero-order valence-electron chi connectivity index (χ0n) is 33.2. The van der Waals surface area contributed by atoms with Gasteiger partial charge in [-0.3, -0.25) is 20.0 Å². The lowest BCUT2D eigenvalue weighted by atomic mass is 9.85. The van der Waals surface area contributed by atoms with Gasteiger partial charge in [-0.2, -0.15) is 0 Å². The smallest absolute Gasteiger partial charge is 0.408 e. The topological polar surface area (TPSA) is 171 Å². The van der Waals surface area contributed by atoms with Crippen molar-refractivity contribution in [2.75, 3.05) is 13.7 Å². The zero-order valence-corrected chi connectivity index (χ0v) is 33.2. The third-order valence-corrected chi connectivity index (χ3v) is 8.42. The number of benzene rings is 2. The van der Waals surface area contributed by atoms with Crippen LogP contribution in [0.5, 0.6) is 0 Å². The molecule has 4 amide bonds. The first-order chi connectivity index (χ1) is 25.2. The Hall–Kier alpha value is -5.01. The van der Waals surface area contributed by atoms with Crippen LogP contribution in [-0.2, 0) is 32.0 Å². The van der Waals surface area contributed by atoms with Crippen LogP contribution < -0.4 is 21.4 Å². The minimum Gasteiger partial charge on any atom is -0.453 e. The highest BCUT2D eigenvalue weighted by Gasteiger charge is 2.38. The van der Waals surface area contributed by atoms with E-state index >= 15 is 0 Å². The second-order valence-corrected chi connectivity index (χ2v) is 16.5. The fourth-order valence-corrected chi connectivity index (χ4v) is 5.63. The number of pyridine rings is 1. The monoisotopic (exact) mass is 746 g/mol. The average Bonchev–Trinajstić information content (AvgIpc) is 3.08. The van der Waals surface area contributed by atoms with E-state index < -0.39 is 64.7 Å². The van der Waals surface area contributed by atoms with E-state index in [0.717, 1.165) is 22.4 Å². The van der Waals surface area contributed by atoms with Crippen LogP contribution in [0, 0.1) is 10.8 Å². The van der Waals surface area contributed by atoms with Crippen LogP contribution in [0.4, 0.5) is 9.59 Å². The van der Waals surface area contributed by atoms with Crippen LogP contribution in [0.1, 0.15) is 73.4 Å². The first kappa shape index (κ1) is 43.4. The van der Waals surface area contributed by atoms with Gasteiger partial charge in [-0.05, 0) is 61.3 Å².